The molecular weight excluding hydrogens is 276 g/mol. The summed E-state index contributed by atoms with van der Waals surface area (Å²) in [6.07, 6.45) is 5.07. The summed E-state index contributed by atoms with van der Waals surface area (Å²) in [6.45, 7) is 17.6. The molecule has 0 aliphatic rings. The number of halogens is 1. The fraction of sp³-hybridized carbons (Fsp3) is 0.917. The number of rotatable bonds is 3. The molecule has 0 aromatic heterocycles. The van der Waals surface area contributed by atoms with Crippen LogP contribution in [0.4, 0.5) is 0 Å². The maximum Gasteiger partial charge on any atom is 2.00 e. The van der Waals surface area contributed by atoms with Crippen molar-refractivity contribution in [2.24, 2.45) is 0 Å². The quantitative estimate of drug-likeness (QED) is 0.385. The minimum Gasteiger partial charge on any atom is -0.343 e. The van der Waals surface area contributed by atoms with Gasteiger partial charge in [-0.1, -0.05) is 47.0 Å². The number of hydrogen-bond acceptors (Lipinski definition) is 0. The molecule has 0 nitrogen and oxygen atoms in total. The molecule has 3 heteroatoms. The first-order valence-corrected chi connectivity index (χ1v) is 7.96. The van der Waals surface area contributed by atoms with E-state index in [4.69, 9.17) is 0 Å². The van der Waals surface area contributed by atoms with Crippen LogP contribution in [-0.4, -0.2) is 31.8 Å². The third-order valence-corrected chi connectivity index (χ3v) is 5.35. The molecule has 0 saturated heterocycles. The van der Waals surface area contributed by atoms with Crippen LogP contribution >= 0.6 is 17.0 Å². The van der Waals surface area contributed by atoms with Crippen LogP contribution in [0.3, 0.4) is 0 Å². The zero-order valence-corrected chi connectivity index (χ0v) is 15.8. The summed E-state index contributed by atoms with van der Waals surface area (Å²) >= 11 is 0. The molecule has 0 atom stereocenters. The van der Waals surface area contributed by atoms with E-state index in [2.05, 4.69) is 47.7 Å². The van der Waals surface area contributed by atoms with Crippen molar-refractivity contribution in [3.8, 4) is 0 Å². The van der Waals surface area contributed by atoms with E-state index in [-0.39, 0.29) is 48.8 Å². The summed E-state index contributed by atoms with van der Waals surface area (Å²) in [5, 5.41) is 0.602. The average molecular weight is 306 g/mol. The van der Waals surface area contributed by atoms with Crippen LogP contribution in [0.2, 0.25) is 18.1 Å². The van der Waals surface area contributed by atoms with Gasteiger partial charge in [-0.2, -0.15) is 24.6 Å². The summed E-state index contributed by atoms with van der Waals surface area (Å²) < 4.78 is 0. The Morgan fingerprint density at radius 2 is 1.40 bits per heavy atom. The van der Waals surface area contributed by atoms with Crippen LogP contribution in [-0.2, 0) is 0 Å². The van der Waals surface area contributed by atoms with Crippen molar-refractivity contribution in [1.82, 2.24) is 0 Å². The predicted molar refractivity (Wildman–Crippen MR) is 82.8 cm³/mol. The van der Waals surface area contributed by atoms with E-state index in [1.165, 1.54) is 19.3 Å². The fourth-order valence-corrected chi connectivity index (χ4v) is 0.427. The molecular formula is C12H29BrMgSi. The van der Waals surface area contributed by atoms with Gasteiger partial charge in [0.15, 0.2) is 0 Å². The molecule has 0 fully saturated rings. The van der Waals surface area contributed by atoms with Gasteiger partial charge in [0.05, 0.1) is 0 Å². The van der Waals surface area contributed by atoms with Gasteiger partial charge in [-0.05, 0) is 0 Å². The third-order valence-electron chi connectivity index (χ3n) is 2.35. The molecule has 15 heavy (non-hydrogen) atoms. The molecule has 0 amide bonds. The Morgan fingerprint density at radius 1 is 1.07 bits per heavy atom. The molecule has 0 rings (SSSR count). The summed E-state index contributed by atoms with van der Waals surface area (Å²) in [6, 6.07) is 0. The van der Waals surface area contributed by atoms with Crippen LogP contribution in [0, 0.1) is 6.92 Å². The minimum absolute atomic E-state index is 0. The molecule has 90 valence electrons. The molecule has 0 spiro atoms. The maximum absolute atomic E-state index is 3.72. The van der Waals surface area contributed by atoms with Gasteiger partial charge < -0.3 is 6.92 Å². The minimum atomic E-state index is -0.0502. The second-order valence-corrected chi connectivity index (χ2v) is 8.31. The van der Waals surface area contributed by atoms with Crippen LogP contribution in [0.15, 0.2) is 0 Å². The van der Waals surface area contributed by atoms with Crippen molar-refractivity contribution in [3.05, 3.63) is 6.92 Å². The zero-order chi connectivity index (χ0) is 10.9. The normalized spacial score (nSPS) is 9.60. The van der Waals surface area contributed by atoms with Gasteiger partial charge >= 0.3 is 23.1 Å². The monoisotopic (exact) mass is 304 g/mol. The summed E-state index contributed by atoms with van der Waals surface area (Å²) in [5.41, 5.74) is 0. The molecule has 0 N–H and O–H groups in total. The third kappa shape index (κ3) is 25.6. The van der Waals surface area contributed by atoms with Gasteiger partial charge in [-0.25, -0.2) is 0 Å². The van der Waals surface area contributed by atoms with Gasteiger partial charge in [0, 0.05) is 0 Å². The Kier molecular flexibility index (Phi) is 26.1. The van der Waals surface area contributed by atoms with Gasteiger partial charge in [0.1, 0.15) is 0 Å². The molecule has 0 radical (unpaired) electrons. The summed E-state index contributed by atoms with van der Waals surface area (Å²) in [7, 11) is -0.0502. The molecule has 0 bridgehead atoms. The Labute approximate surface area is 127 Å². The van der Waals surface area contributed by atoms with E-state index in [0.29, 0.717) is 5.04 Å². The smallest absolute Gasteiger partial charge is 0.343 e. The van der Waals surface area contributed by atoms with Crippen LogP contribution < -0.4 is 0 Å². The van der Waals surface area contributed by atoms with Crippen LogP contribution in [0.1, 0.15) is 53.4 Å². The van der Waals surface area contributed by atoms with E-state index in [0.717, 1.165) is 6.42 Å². The Morgan fingerprint density at radius 3 is 1.47 bits per heavy atom. The van der Waals surface area contributed by atoms with Crippen molar-refractivity contribution in [2.45, 2.75) is 71.5 Å². The second kappa shape index (κ2) is 15.5. The molecule has 0 heterocycles. The van der Waals surface area contributed by atoms with E-state index < -0.39 is 0 Å². The SMILES string of the molecule is Br.C[Si-](C)C(C)(C)C.[CH2-]CCCCC.[Mg+2]. The predicted octanol–water partition coefficient (Wildman–Crippen LogP) is 5.14. The number of hydrogen-bond donors (Lipinski definition) is 0. The van der Waals surface area contributed by atoms with E-state index in [1.807, 2.05) is 0 Å². The average Bonchev–Trinajstić information content (AvgIpc) is 2.00. The van der Waals surface area contributed by atoms with Gasteiger partial charge in [0.25, 0.3) is 0 Å². The Hall–Kier alpha value is 1.46. The Bertz CT molecular complexity index is 96.3. The zero-order valence-electron chi connectivity index (χ0n) is 11.7. The van der Waals surface area contributed by atoms with Gasteiger partial charge in [-0.15, -0.1) is 17.0 Å². The number of unbranched alkanes of at least 4 members (excludes halogenated alkanes) is 3. The van der Waals surface area contributed by atoms with Crippen molar-refractivity contribution in [2.75, 3.05) is 0 Å². The summed E-state index contributed by atoms with van der Waals surface area (Å²) in [5.74, 6) is 0. The van der Waals surface area contributed by atoms with Crippen molar-refractivity contribution < 1.29 is 0 Å². The topological polar surface area (TPSA) is 0 Å². The fourth-order valence-electron chi connectivity index (χ4n) is 0.427. The molecule has 0 aromatic carbocycles. The van der Waals surface area contributed by atoms with Crippen molar-refractivity contribution in [3.63, 3.8) is 0 Å². The Balaban J connectivity index is -0.0000000718. The first kappa shape index (κ1) is 25.3. The maximum atomic E-state index is 3.72. The molecule has 0 aromatic rings. The van der Waals surface area contributed by atoms with Gasteiger partial charge in [0.2, 0.25) is 0 Å². The molecule has 0 aliphatic carbocycles. The first-order chi connectivity index (χ1) is 5.86. The van der Waals surface area contributed by atoms with Crippen LogP contribution in [0.5, 0.6) is 0 Å². The largest absolute Gasteiger partial charge is 2.00 e. The standard InChI is InChI=1S/C6H15Si.C6H13.BrH.Mg/c1-6(2,3)7(4)5;1-3-5-6-4-2;;/h1-5H3;1,3-6H2,2H3;1H;/q2*-1;;+2. The van der Waals surface area contributed by atoms with E-state index in [9.17, 15) is 0 Å². The molecule has 0 unspecified atom stereocenters. The van der Waals surface area contributed by atoms with E-state index in [1.54, 1.807) is 0 Å². The molecule has 0 saturated carbocycles. The van der Waals surface area contributed by atoms with E-state index >= 15 is 0 Å². The first-order valence-electron chi connectivity index (χ1n) is 5.46. The van der Waals surface area contributed by atoms with Crippen molar-refractivity contribution >= 4 is 48.8 Å². The second-order valence-electron chi connectivity index (χ2n) is 4.81. The summed E-state index contributed by atoms with van der Waals surface area (Å²) in [4.78, 5) is 0. The van der Waals surface area contributed by atoms with Crippen molar-refractivity contribution in [1.29, 1.82) is 0 Å². The molecule has 0 aliphatic heterocycles. The van der Waals surface area contributed by atoms with Gasteiger partial charge in [-0.3, -0.25) is 8.80 Å². The van der Waals surface area contributed by atoms with Crippen LogP contribution in [0.25, 0.3) is 0 Å².